The van der Waals surface area contributed by atoms with E-state index in [9.17, 15) is 29.2 Å². The molecule has 0 spiro atoms. The van der Waals surface area contributed by atoms with Crippen LogP contribution in [-0.4, -0.2) is 103 Å². The molecule has 1 aliphatic carbocycles. The van der Waals surface area contributed by atoms with Crippen molar-refractivity contribution in [3.63, 3.8) is 0 Å². The molecule has 4 aliphatic heterocycles. The number of benzene rings is 3. The zero-order chi connectivity index (χ0) is 41.1. The normalized spacial score (nSPS) is 25.2. The number of ether oxygens (including phenoxy) is 1. The Hall–Kier alpha value is -5.45. The van der Waals surface area contributed by atoms with Crippen molar-refractivity contribution in [2.75, 3.05) is 55.6 Å². The van der Waals surface area contributed by atoms with Gasteiger partial charge in [-0.2, -0.15) is 5.26 Å². The van der Waals surface area contributed by atoms with Crippen molar-refractivity contribution < 1.29 is 28.7 Å². The van der Waals surface area contributed by atoms with E-state index in [-0.39, 0.29) is 41.7 Å². The summed E-state index contributed by atoms with van der Waals surface area (Å²) in [6.45, 7) is 14.6. The van der Waals surface area contributed by atoms with E-state index in [1.807, 2.05) is 30.3 Å². The predicted octanol–water partition coefficient (Wildman–Crippen LogP) is 4.87. The van der Waals surface area contributed by atoms with Crippen molar-refractivity contribution in [1.82, 2.24) is 20.4 Å². The summed E-state index contributed by atoms with van der Waals surface area (Å²) in [6.07, 6.45) is 1.05. The van der Waals surface area contributed by atoms with Gasteiger partial charge in [0, 0.05) is 92.1 Å². The van der Waals surface area contributed by atoms with E-state index < -0.39 is 29.7 Å². The highest BCUT2D eigenvalue weighted by Crippen LogP contribution is 2.55. The molecule has 58 heavy (non-hydrogen) atoms. The third-order valence-electron chi connectivity index (χ3n) is 12.9. The van der Waals surface area contributed by atoms with Crippen LogP contribution in [0.2, 0.25) is 5.02 Å². The highest BCUT2D eigenvalue weighted by Gasteiger charge is 2.64. The van der Waals surface area contributed by atoms with Crippen LogP contribution < -0.4 is 25.2 Å². The summed E-state index contributed by atoms with van der Waals surface area (Å²) >= 11 is 6.25. The Morgan fingerprint density at radius 2 is 1.55 bits per heavy atom. The Labute approximate surface area is 343 Å². The fourth-order valence-electron chi connectivity index (χ4n) is 10.1. The quantitative estimate of drug-likeness (QED) is 0.286. The molecule has 0 aromatic heterocycles. The number of nitrogens with zero attached hydrogens (tertiary/aromatic N) is 5. The number of rotatable bonds is 9. The van der Waals surface area contributed by atoms with Crippen molar-refractivity contribution in [3.8, 4) is 11.8 Å². The number of piperazine rings is 1. The summed E-state index contributed by atoms with van der Waals surface area (Å²) in [5.74, 6) is -1.06. The maximum absolute atomic E-state index is 13.5. The Morgan fingerprint density at radius 1 is 0.862 bits per heavy atom. The monoisotopic (exact) mass is 805 g/mol. The van der Waals surface area contributed by atoms with E-state index in [4.69, 9.17) is 16.3 Å². The topological polar surface area (TPSA) is 155 Å². The van der Waals surface area contributed by atoms with Crippen LogP contribution in [0.3, 0.4) is 0 Å². The molecule has 0 radical (unpaired) electrons. The standard InChI is InChI=1S/C44H48ClN7O6/c1-43(2)41(44(3,4)42(43)58-31-11-7-28(23-46)34(45)22-31)48-37(54)27-5-8-29(9-6-27)50-19-17-49(18-20-50)24-26-15-16-51(25-26)30-10-12-32-33(21-30)40(57)52(39(32)56)35-13-14-36(53)47-38(35)55/h5-12,21-22,26,35,41-42H,13-20,24-25H2,1-4H3,(H,48,54)(H,47,53,55)/t26-,35-,41?,42?/m0/s1. The van der Waals surface area contributed by atoms with Crippen molar-refractivity contribution in [2.45, 2.75) is 65.1 Å². The maximum Gasteiger partial charge on any atom is 0.262 e. The molecule has 5 amide bonds. The number of hydrogen-bond donors (Lipinski definition) is 2. The molecule has 2 atom stereocenters. The number of carbonyl (C=O) groups is 5. The van der Waals surface area contributed by atoms with Gasteiger partial charge < -0.3 is 19.9 Å². The molecule has 5 aliphatic rings. The average Bonchev–Trinajstić information content (AvgIpc) is 3.77. The second-order valence-corrected chi connectivity index (χ2v) is 17.8. The second kappa shape index (κ2) is 15.1. The zero-order valence-electron chi connectivity index (χ0n) is 33.2. The van der Waals surface area contributed by atoms with Gasteiger partial charge in [-0.25, -0.2) is 0 Å². The van der Waals surface area contributed by atoms with E-state index in [2.05, 4.69) is 59.1 Å². The van der Waals surface area contributed by atoms with Gasteiger partial charge in [-0.3, -0.25) is 39.1 Å². The molecule has 4 heterocycles. The predicted molar refractivity (Wildman–Crippen MR) is 218 cm³/mol. The van der Waals surface area contributed by atoms with Crippen LogP contribution in [0.15, 0.2) is 60.7 Å². The first kappa shape index (κ1) is 39.4. The van der Waals surface area contributed by atoms with Crippen molar-refractivity contribution in [1.29, 1.82) is 5.26 Å². The Bertz CT molecular complexity index is 2210. The van der Waals surface area contributed by atoms with Gasteiger partial charge >= 0.3 is 0 Å². The van der Waals surface area contributed by atoms with E-state index in [1.165, 1.54) is 0 Å². The highest BCUT2D eigenvalue weighted by molar-refractivity contribution is 6.31. The summed E-state index contributed by atoms with van der Waals surface area (Å²) < 4.78 is 6.38. The van der Waals surface area contributed by atoms with Gasteiger partial charge in [0.25, 0.3) is 17.7 Å². The molecule has 4 fully saturated rings. The van der Waals surface area contributed by atoms with Crippen LogP contribution in [0.1, 0.15) is 83.6 Å². The number of anilines is 2. The van der Waals surface area contributed by atoms with Crippen LogP contribution in [-0.2, 0) is 9.59 Å². The van der Waals surface area contributed by atoms with Crippen LogP contribution in [0.4, 0.5) is 11.4 Å². The summed E-state index contributed by atoms with van der Waals surface area (Å²) in [7, 11) is 0. The molecule has 1 saturated carbocycles. The summed E-state index contributed by atoms with van der Waals surface area (Å²) in [5, 5.41) is 15.1. The lowest BCUT2D eigenvalue weighted by atomic mass is 9.49. The van der Waals surface area contributed by atoms with Gasteiger partial charge in [0.1, 0.15) is 24.0 Å². The molecule has 302 valence electrons. The van der Waals surface area contributed by atoms with Crippen molar-refractivity contribution >= 4 is 52.5 Å². The number of nitrogens with one attached hydrogen (secondary N) is 2. The average molecular weight is 806 g/mol. The molecule has 3 aromatic carbocycles. The molecular formula is C44H48ClN7O6. The molecule has 2 N–H and O–H groups in total. The minimum Gasteiger partial charge on any atom is -0.489 e. The summed E-state index contributed by atoms with van der Waals surface area (Å²) in [6, 6.07) is 19.2. The van der Waals surface area contributed by atoms with Crippen LogP contribution in [0, 0.1) is 28.1 Å². The number of imide groups is 2. The molecule has 0 unspecified atom stereocenters. The number of halogens is 1. The minimum absolute atomic E-state index is 0.0881. The number of amides is 5. The fraction of sp³-hybridized carbons (Fsp3) is 0.455. The molecule has 13 nitrogen and oxygen atoms in total. The minimum atomic E-state index is -0.978. The molecule has 3 saturated heterocycles. The third-order valence-corrected chi connectivity index (χ3v) is 13.2. The SMILES string of the molecule is CC1(C)C(NC(=O)c2ccc(N3CCN(C[C@@H]4CCN(c5ccc6c(c5)C(=O)N([C@H]5CCC(=O)NC5=O)C6=O)C4)CC3)cc2)C(C)(C)C1Oc1ccc(C#N)c(Cl)c1. The van der Waals surface area contributed by atoms with Gasteiger partial charge in [-0.15, -0.1) is 0 Å². The number of nitriles is 1. The Kier molecular flexibility index (Phi) is 10.2. The lowest BCUT2D eigenvalue weighted by Crippen LogP contribution is -2.74. The maximum atomic E-state index is 13.5. The first-order valence-corrected chi connectivity index (χ1v) is 20.4. The first-order chi connectivity index (χ1) is 27.6. The largest absolute Gasteiger partial charge is 0.489 e. The summed E-state index contributed by atoms with van der Waals surface area (Å²) in [4.78, 5) is 72.2. The highest BCUT2D eigenvalue weighted by atomic mass is 35.5. The second-order valence-electron chi connectivity index (χ2n) is 17.4. The fourth-order valence-corrected chi connectivity index (χ4v) is 10.3. The number of piperidine rings is 1. The molecule has 8 rings (SSSR count). The van der Waals surface area contributed by atoms with Gasteiger partial charge in [-0.05, 0) is 73.4 Å². The van der Waals surface area contributed by atoms with Crippen LogP contribution in [0.5, 0.6) is 5.75 Å². The van der Waals surface area contributed by atoms with Gasteiger partial charge in [0.05, 0.1) is 21.7 Å². The van der Waals surface area contributed by atoms with E-state index in [0.29, 0.717) is 38.9 Å². The number of carbonyl (C=O) groups excluding carboxylic acids is 5. The van der Waals surface area contributed by atoms with Crippen molar-refractivity contribution in [2.24, 2.45) is 16.7 Å². The van der Waals surface area contributed by atoms with Crippen LogP contribution >= 0.6 is 11.6 Å². The molecular weight excluding hydrogens is 758 g/mol. The molecule has 3 aromatic rings. The van der Waals surface area contributed by atoms with E-state index in [0.717, 1.165) is 68.5 Å². The Morgan fingerprint density at radius 3 is 2.22 bits per heavy atom. The van der Waals surface area contributed by atoms with E-state index in [1.54, 1.807) is 30.3 Å². The van der Waals surface area contributed by atoms with Gasteiger partial charge in [-0.1, -0.05) is 39.3 Å². The summed E-state index contributed by atoms with van der Waals surface area (Å²) in [5.41, 5.74) is 2.86. The lowest BCUT2D eigenvalue weighted by Gasteiger charge is -2.63. The third kappa shape index (κ3) is 7.06. The van der Waals surface area contributed by atoms with Gasteiger partial charge in [0.15, 0.2) is 0 Å². The first-order valence-electron chi connectivity index (χ1n) is 20.0. The molecule has 14 heteroatoms. The number of hydrogen-bond acceptors (Lipinski definition) is 10. The molecule has 0 bridgehead atoms. The smallest absolute Gasteiger partial charge is 0.262 e. The number of fused-ring (bicyclic) bond motifs is 1. The van der Waals surface area contributed by atoms with Crippen molar-refractivity contribution in [3.05, 3.63) is 87.9 Å². The van der Waals surface area contributed by atoms with Gasteiger partial charge in [0.2, 0.25) is 11.8 Å². The van der Waals surface area contributed by atoms with E-state index >= 15 is 0 Å². The lowest BCUT2D eigenvalue weighted by molar-refractivity contribution is -0.164. The Balaban J connectivity index is 0.807. The van der Waals surface area contributed by atoms with Crippen LogP contribution in [0.25, 0.3) is 0 Å². The zero-order valence-corrected chi connectivity index (χ0v) is 34.0.